The first-order chi connectivity index (χ1) is 6.79. The van der Waals surface area contributed by atoms with Gasteiger partial charge in [0.25, 0.3) is 0 Å². The molecule has 0 saturated heterocycles. The second-order valence-corrected chi connectivity index (χ2v) is 4.70. The van der Waals surface area contributed by atoms with Crippen LogP contribution in [0.25, 0.3) is 0 Å². The van der Waals surface area contributed by atoms with E-state index in [0.717, 1.165) is 0 Å². The van der Waals surface area contributed by atoms with E-state index in [0.29, 0.717) is 5.84 Å². The van der Waals surface area contributed by atoms with Crippen LogP contribution in [0.3, 0.4) is 0 Å². The van der Waals surface area contributed by atoms with Crippen molar-refractivity contribution in [2.45, 2.75) is 46.3 Å². The average Bonchev–Trinajstić information content (AvgIpc) is 2.32. The third kappa shape index (κ3) is 3.42. The molecule has 5 heteroatoms. The van der Waals surface area contributed by atoms with Crippen LogP contribution in [-0.4, -0.2) is 23.6 Å². The summed E-state index contributed by atoms with van der Waals surface area (Å²) in [6.45, 7) is 9.27. The minimum Gasteiger partial charge on any atom is -0.444 e. The van der Waals surface area contributed by atoms with Crippen molar-refractivity contribution >= 4 is 11.9 Å². The van der Waals surface area contributed by atoms with Gasteiger partial charge in [-0.1, -0.05) is 12.1 Å². The molecular weight excluding hydrogens is 196 g/mol. The fraction of sp³-hybridized carbons (Fsp3) is 0.800. The quantitative estimate of drug-likeness (QED) is 0.669. The largest absolute Gasteiger partial charge is 0.444 e. The maximum Gasteiger partial charge on any atom is 0.413 e. The molecule has 0 radical (unpaired) electrons. The predicted molar refractivity (Wildman–Crippen MR) is 56.5 cm³/mol. The van der Waals surface area contributed by atoms with Gasteiger partial charge in [-0.15, -0.1) is 0 Å². The molecule has 0 saturated carbocycles. The Morgan fingerprint density at radius 2 is 2.07 bits per heavy atom. The Morgan fingerprint density at radius 1 is 1.47 bits per heavy atom. The number of hydrogen-bond donors (Lipinski definition) is 1. The smallest absolute Gasteiger partial charge is 0.413 e. The Hall–Kier alpha value is -1.26. The summed E-state index contributed by atoms with van der Waals surface area (Å²) in [6, 6.07) is 0. The topological polar surface area (TPSA) is 59.9 Å². The summed E-state index contributed by atoms with van der Waals surface area (Å²) in [7, 11) is 0. The lowest BCUT2D eigenvalue weighted by Gasteiger charge is -2.20. The summed E-state index contributed by atoms with van der Waals surface area (Å²) < 4.78 is 5.10. The summed E-state index contributed by atoms with van der Waals surface area (Å²) in [5, 5.41) is 6.35. The average molecular weight is 214 g/mol. The molecule has 0 fully saturated rings. The highest BCUT2D eigenvalue weighted by molar-refractivity contribution is 5.97. The van der Waals surface area contributed by atoms with E-state index in [1.807, 2.05) is 34.6 Å². The maximum atomic E-state index is 11.4. The fourth-order valence-corrected chi connectivity index (χ4v) is 1.08. The lowest BCUT2D eigenvalue weighted by molar-refractivity contribution is 0.0561. The Balaban J connectivity index is 2.46. The molecule has 1 amide bonds. The van der Waals surface area contributed by atoms with Crippen LogP contribution in [0, 0.1) is 5.92 Å². The number of nitrogens with one attached hydrogen (secondary N) is 1. The van der Waals surface area contributed by atoms with E-state index >= 15 is 0 Å². The van der Waals surface area contributed by atoms with E-state index in [2.05, 4.69) is 10.5 Å². The van der Waals surface area contributed by atoms with Crippen LogP contribution < -0.4 is 5.32 Å². The van der Waals surface area contributed by atoms with Crippen molar-refractivity contribution in [3.8, 4) is 0 Å². The van der Waals surface area contributed by atoms with Gasteiger partial charge >= 0.3 is 6.09 Å². The van der Waals surface area contributed by atoms with E-state index in [1.165, 1.54) is 0 Å². The summed E-state index contributed by atoms with van der Waals surface area (Å²) >= 11 is 0. The summed E-state index contributed by atoms with van der Waals surface area (Å²) in [6.07, 6.45) is -0.499. The van der Waals surface area contributed by atoms with E-state index in [1.54, 1.807) is 0 Å². The second-order valence-electron chi connectivity index (χ2n) is 4.70. The number of carbonyl (C=O) groups excluding carboxylic acids is 1. The summed E-state index contributed by atoms with van der Waals surface area (Å²) in [4.78, 5) is 16.4. The molecule has 0 aromatic carbocycles. The molecular formula is C10H18N2O3. The Morgan fingerprint density at radius 3 is 2.47 bits per heavy atom. The molecule has 1 aliphatic rings. The molecule has 2 unspecified atom stereocenters. The number of ether oxygens (including phenoxy) is 1. The number of amidine groups is 1. The minimum absolute atomic E-state index is 0.00469. The first-order valence-corrected chi connectivity index (χ1v) is 5.03. The van der Waals surface area contributed by atoms with Crippen molar-refractivity contribution < 1.29 is 14.4 Å². The number of alkyl carbamates (subject to hydrolysis) is 1. The first-order valence-electron chi connectivity index (χ1n) is 5.03. The van der Waals surface area contributed by atoms with E-state index in [-0.39, 0.29) is 12.0 Å². The predicted octanol–water partition coefficient (Wildman–Crippen LogP) is 1.88. The molecule has 0 aromatic heterocycles. The standard InChI is InChI=1S/C10H18N2O3/c1-6-7(2)15-12-8(6)11-9(13)14-10(3,4)5/h6-7H,1-5H3,(H,11,12,13). The molecule has 0 bridgehead atoms. The van der Waals surface area contributed by atoms with Gasteiger partial charge in [0.15, 0.2) is 5.84 Å². The molecule has 5 nitrogen and oxygen atoms in total. The Labute approximate surface area is 89.8 Å². The van der Waals surface area contributed by atoms with Gasteiger partial charge < -0.3 is 9.57 Å². The van der Waals surface area contributed by atoms with Crippen LogP contribution in [0.5, 0.6) is 0 Å². The van der Waals surface area contributed by atoms with Crippen molar-refractivity contribution in [1.82, 2.24) is 5.32 Å². The summed E-state index contributed by atoms with van der Waals surface area (Å²) in [5.74, 6) is 0.606. The number of hydrogen-bond acceptors (Lipinski definition) is 4. The molecule has 86 valence electrons. The third-order valence-corrected chi connectivity index (χ3v) is 2.08. The van der Waals surface area contributed by atoms with Gasteiger partial charge in [-0.3, -0.25) is 5.32 Å². The zero-order valence-electron chi connectivity index (χ0n) is 9.83. The van der Waals surface area contributed by atoms with Gasteiger partial charge in [-0.2, -0.15) is 0 Å². The van der Waals surface area contributed by atoms with Gasteiger partial charge in [-0.05, 0) is 27.7 Å². The van der Waals surface area contributed by atoms with Gasteiger partial charge in [0.2, 0.25) is 0 Å². The lowest BCUT2D eigenvalue weighted by Crippen LogP contribution is -2.39. The van der Waals surface area contributed by atoms with Crippen molar-refractivity contribution in [1.29, 1.82) is 0 Å². The molecule has 15 heavy (non-hydrogen) atoms. The van der Waals surface area contributed by atoms with Crippen LogP contribution in [-0.2, 0) is 9.57 Å². The van der Waals surface area contributed by atoms with Crippen molar-refractivity contribution in [2.75, 3.05) is 0 Å². The van der Waals surface area contributed by atoms with E-state index in [4.69, 9.17) is 9.57 Å². The monoisotopic (exact) mass is 214 g/mol. The van der Waals surface area contributed by atoms with Crippen LogP contribution in [0.4, 0.5) is 4.79 Å². The highest BCUT2D eigenvalue weighted by atomic mass is 16.6. The van der Waals surface area contributed by atoms with Gasteiger partial charge in [0.05, 0.1) is 5.92 Å². The SMILES string of the molecule is CC1ON=C(NC(=O)OC(C)(C)C)C1C. The van der Waals surface area contributed by atoms with Crippen LogP contribution >= 0.6 is 0 Å². The van der Waals surface area contributed by atoms with Crippen molar-refractivity contribution in [2.24, 2.45) is 11.1 Å². The number of nitrogens with zero attached hydrogens (tertiary/aromatic N) is 1. The minimum atomic E-state index is -0.501. The van der Waals surface area contributed by atoms with Gasteiger partial charge in [-0.25, -0.2) is 4.79 Å². The second kappa shape index (κ2) is 4.08. The van der Waals surface area contributed by atoms with E-state index < -0.39 is 11.7 Å². The molecule has 2 atom stereocenters. The van der Waals surface area contributed by atoms with Crippen LogP contribution in [0.2, 0.25) is 0 Å². The van der Waals surface area contributed by atoms with Gasteiger partial charge in [0.1, 0.15) is 11.7 Å². The fourth-order valence-electron chi connectivity index (χ4n) is 1.08. The van der Waals surface area contributed by atoms with Crippen LogP contribution in [0.1, 0.15) is 34.6 Å². The van der Waals surface area contributed by atoms with Crippen LogP contribution in [0.15, 0.2) is 5.16 Å². The number of oxime groups is 1. The highest BCUT2D eigenvalue weighted by Crippen LogP contribution is 2.16. The van der Waals surface area contributed by atoms with Crippen molar-refractivity contribution in [3.63, 3.8) is 0 Å². The Kier molecular flexibility index (Phi) is 3.21. The normalized spacial score (nSPS) is 25.5. The maximum absolute atomic E-state index is 11.4. The molecule has 1 heterocycles. The van der Waals surface area contributed by atoms with Crippen molar-refractivity contribution in [3.05, 3.63) is 0 Å². The summed E-state index contributed by atoms with van der Waals surface area (Å²) in [5.41, 5.74) is -0.501. The molecule has 1 rings (SSSR count). The number of amides is 1. The van der Waals surface area contributed by atoms with Gasteiger partial charge in [0, 0.05) is 0 Å². The lowest BCUT2D eigenvalue weighted by atomic mass is 10.1. The molecule has 0 aromatic rings. The Bertz CT molecular complexity index is 281. The number of carbonyl (C=O) groups is 1. The molecule has 1 aliphatic heterocycles. The molecule has 1 N–H and O–H groups in total. The highest BCUT2D eigenvalue weighted by Gasteiger charge is 2.29. The zero-order valence-corrected chi connectivity index (χ0v) is 9.83. The molecule has 0 aliphatic carbocycles. The van der Waals surface area contributed by atoms with E-state index in [9.17, 15) is 4.79 Å². The molecule has 0 spiro atoms. The first kappa shape index (κ1) is 11.8. The number of rotatable bonds is 0. The third-order valence-electron chi connectivity index (χ3n) is 2.08. The zero-order chi connectivity index (χ0) is 11.6.